The number of likely N-dealkylation sites (tertiary alicyclic amines) is 1. The highest BCUT2D eigenvalue weighted by molar-refractivity contribution is 5.69. The molecule has 1 heterocycles. The number of fused-ring (bicyclic) bond motifs is 2. The van der Waals surface area contributed by atoms with Crippen LogP contribution in [0, 0.1) is 11.8 Å². The van der Waals surface area contributed by atoms with Gasteiger partial charge in [0.2, 0.25) is 0 Å². The Morgan fingerprint density at radius 2 is 1.70 bits per heavy atom. The maximum atomic E-state index is 12.1. The number of carbonyl (C=O) groups is 1. The molecule has 4 heteroatoms. The van der Waals surface area contributed by atoms with E-state index in [1.807, 2.05) is 25.7 Å². The molecule has 1 N–H and O–H groups in total. The van der Waals surface area contributed by atoms with Gasteiger partial charge in [-0.2, -0.15) is 0 Å². The van der Waals surface area contributed by atoms with E-state index < -0.39 is 5.60 Å². The van der Waals surface area contributed by atoms with Gasteiger partial charge in [-0.05, 0) is 56.6 Å². The predicted molar refractivity (Wildman–Crippen MR) is 89.3 cm³/mol. The molecule has 4 nitrogen and oxygen atoms in total. The van der Waals surface area contributed by atoms with Crippen LogP contribution in [0.25, 0.3) is 0 Å². The van der Waals surface area contributed by atoms with Crippen LogP contribution in [0.4, 0.5) is 4.79 Å². The van der Waals surface area contributed by atoms with Crippen molar-refractivity contribution in [3.63, 3.8) is 0 Å². The molecule has 124 valence electrons. The zero-order valence-electron chi connectivity index (χ0n) is 14.2. The van der Waals surface area contributed by atoms with Crippen LogP contribution in [-0.4, -0.2) is 41.8 Å². The smallest absolute Gasteiger partial charge is 0.410 e. The minimum Gasteiger partial charge on any atom is -0.444 e. The van der Waals surface area contributed by atoms with Crippen LogP contribution in [0.1, 0.15) is 31.9 Å². The van der Waals surface area contributed by atoms with E-state index >= 15 is 0 Å². The summed E-state index contributed by atoms with van der Waals surface area (Å²) in [5.74, 6) is 1.23. The lowest BCUT2D eigenvalue weighted by Crippen LogP contribution is -2.41. The van der Waals surface area contributed by atoms with Crippen molar-refractivity contribution in [2.45, 2.75) is 51.3 Å². The minimum atomic E-state index is -0.406. The summed E-state index contributed by atoms with van der Waals surface area (Å²) in [6.45, 7) is 7.45. The Balaban J connectivity index is 1.27. The highest BCUT2D eigenvalue weighted by atomic mass is 16.6. The second kappa shape index (κ2) is 5.23. The molecule has 0 spiro atoms. The normalized spacial score (nSPS) is 29.3. The second-order valence-electron chi connectivity index (χ2n) is 8.28. The van der Waals surface area contributed by atoms with Gasteiger partial charge in [0, 0.05) is 25.2 Å². The van der Waals surface area contributed by atoms with E-state index in [2.05, 4.69) is 29.6 Å². The molecule has 23 heavy (non-hydrogen) atoms. The summed E-state index contributed by atoms with van der Waals surface area (Å²) in [7, 11) is 0. The van der Waals surface area contributed by atoms with Crippen LogP contribution >= 0.6 is 0 Å². The van der Waals surface area contributed by atoms with Crippen molar-refractivity contribution in [3.05, 3.63) is 35.4 Å². The first-order valence-electron chi connectivity index (χ1n) is 8.71. The fourth-order valence-electron chi connectivity index (χ4n) is 4.20. The third-order valence-corrected chi connectivity index (χ3v) is 5.32. The lowest BCUT2D eigenvalue weighted by Gasteiger charge is -2.26. The summed E-state index contributed by atoms with van der Waals surface area (Å²) in [6.07, 6.45) is 2.13. The number of rotatable bonds is 2. The average molecular weight is 314 g/mol. The van der Waals surface area contributed by atoms with Gasteiger partial charge in [-0.1, -0.05) is 24.3 Å². The molecule has 1 saturated heterocycles. The van der Waals surface area contributed by atoms with Gasteiger partial charge in [-0.3, -0.25) is 0 Å². The van der Waals surface area contributed by atoms with Crippen molar-refractivity contribution in [2.24, 2.45) is 11.8 Å². The van der Waals surface area contributed by atoms with Gasteiger partial charge in [0.05, 0.1) is 0 Å². The van der Waals surface area contributed by atoms with E-state index in [1.165, 1.54) is 11.1 Å². The van der Waals surface area contributed by atoms with E-state index in [9.17, 15) is 4.79 Å². The highest BCUT2D eigenvalue weighted by Crippen LogP contribution is 2.46. The predicted octanol–water partition coefficient (Wildman–Crippen LogP) is 2.61. The van der Waals surface area contributed by atoms with Crippen LogP contribution in [-0.2, 0) is 17.6 Å². The first-order valence-corrected chi connectivity index (χ1v) is 8.71. The van der Waals surface area contributed by atoms with E-state index in [0.717, 1.165) is 25.9 Å². The van der Waals surface area contributed by atoms with E-state index in [0.29, 0.717) is 23.9 Å². The molecule has 0 aromatic heterocycles. The third-order valence-electron chi connectivity index (χ3n) is 5.32. The standard InChI is InChI=1S/C19H26N2O2/c1-19(2,3)23-18(22)21-10-15-16(11-21)17(15)20-14-8-12-6-4-5-7-13(12)9-14/h4-7,14-17,20H,8-11H2,1-3H3. The van der Waals surface area contributed by atoms with Gasteiger partial charge < -0.3 is 15.0 Å². The number of hydrogen-bond donors (Lipinski definition) is 1. The average Bonchev–Trinajstić information content (AvgIpc) is 2.87. The van der Waals surface area contributed by atoms with Crippen molar-refractivity contribution in [3.8, 4) is 0 Å². The van der Waals surface area contributed by atoms with Crippen LogP contribution in [0.15, 0.2) is 24.3 Å². The van der Waals surface area contributed by atoms with Crippen molar-refractivity contribution >= 4 is 6.09 Å². The van der Waals surface area contributed by atoms with Gasteiger partial charge in [0.15, 0.2) is 0 Å². The topological polar surface area (TPSA) is 41.6 Å². The van der Waals surface area contributed by atoms with Crippen LogP contribution in [0.3, 0.4) is 0 Å². The molecule has 1 aliphatic heterocycles. The molecular formula is C19H26N2O2. The van der Waals surface area contributed by atoms with E-state index in [1.54, 1.807) is 0 Å². The zero-order chi connectivity index (χ0) is 16.2. The van der Waals surface area contributed by atoms with Crippen molar-refractivity contribution in [1.82, 2.24) is 10.2 Å². The van der Waals surface area contributed by atoms with Gasteiger partial charge in [-0.15, -0.1) is 0 Å². The maximum absolute atomic E-state index is 12.1. The number of amides is 1. The van der Waals surface area contributed by atoms with Gasteiger partial charge in [-0.25, -0.2) is 4.79 Å². The molecule has 1 aromatic rings. The molecule has 1 amide bonds. The lowest BCUT2D eigenvalue weighted by atomic mass is 10.1. The summed E-state index contributed by atoms with van der Waals surface area (Å²) in [5.41, 5.74) is 2.58. The fraction of sp³-hybridized carbons (Fsp3) is 0.632. The van der Waals surface area contributed by atoms with Crippen LogP contribution < -0.4 is 5.32 Å². The third kappa shape index (κ3) is 2.97. The van der Waals surface area contributed by atoms with Gasteiger partial charge in [0.25, 0.3) is 0 Å². The quantitative estimate of drug-likeness (QED) is 0.912. The van der Waals surface area contributed by atoms with Crippen molar-refractivity contribution in [1.29, 1.82) is 0 Å². The molecule has 2 atom stereocenters. The first kappa shape index (κ1) is 15.0. The SMILES string of the molecule is CC(C)(C)OC(=O)N1CC2C(C1)C2NC1Cc2ccccc2C1. The summed E-state index contributed by atoms with van der Waals surface area (Å²) in [6, 6.07) is 9.91. The molecule has 4 rings (SSSR count). The Hall–Kier alpha value is -1.55. The molecule has 3 aliphatic rings. The van der Waals surface area contributed by atoms with Crippen molar-refractivity contribution < 1.29 is 9.53 Å². The number of ether oxygens (including phenoxy) is 1. The zero-order valence-corrected chi connectivity index (χ0v) is 14.2. The van der Waals surface area contributed by atoms with Crippen LogP contribution in [0.5, 0.6) is 0 Å². The monoisotopic (exact) mass is 314 g/mol. The maximum Gasteiger partial charge on any atom is 0.410 e. The number of nitrogens with one attached hydrogen (secondary N) is 1. The van der Waals surface area contributed by atoms with Crippen molar-refractivity contribution in [2.75, 3.05) is 13.1 Å². The van der Waals surface area contributed by atoms with Crippen LogP contribution in [0.2, 0.25) is 0 Å². The van der Waals surface area contributed by atoms with Gasteiger partial charge in [0.1, 0.15) is 5.60 Å². The van der Waals surface area contributed by atoms with Gasteiger partial charge >= 0.3 is 6.09 Å². The molecule has 2 fully saturated rings. The molecular weight excluding hydrogens is 288 g/mol. The Morgan fingerprint density at radius 3 is 2.22 bits per heavy atom. The number of nitrogens with zero attached hydrogens (tertiary/aromatic N) is 1. The Bertz CT molecular complexity index is 585. The van der Waals surface area contributed by atoms with E-state index in [4.69, 9.17) is 4.74 Å². The fourth-order valence-corrected chi connectivity index (χ4v) is 4.20. The highest BCUT2D eigenvalue weighted by Gasteiger charge is 2.57. The summed E-state index contributed by atoms with van der Waals surface area (Å²) in [5, 5.41) is 3.83. The number of benzene rings is 1. The number of carbonyl (C=O) groups excluding carboxylic acids is 1. The summed E-state index contributed by atoms with van der Waals surface area (Å²) in [4.78, 5) is 14.0. The molecule has 1 aromatic carbocycles. The first-order chi connectivity index (χ1) is 10.9. The largest absolute Gasteiger partial charge is 0.444 e. The molecule has 0 bridgehead atoms. The Kier molecular flexibility index (Phi) is 3.41. The molecule has 2 aliphatic carbocycles. The Labute approximate surface area is 138 Å². The Morgan fingerprint density at radius 1 is 1.13 bits per heavy atom. The minimum absolute atomic E-state index is 0.156. The molecule has 2 unspecified atom stereocenters. The number of piperidine rings is 1. The number of hydrogen-bond acceptors (Lipinski definition) is 3. The van der Waals surface area contributed by atoms with E-state index in [-0.39, 0.29) is 6.09 Å². The summed E-state index contributed by atoms with van der Waals surface area (Å²) >= 11 is 0. The summed E-state index contributed by atoms with van der Waals surface area (Å²) < 4.78 is 5.47. The molecule has 1 saturated carbocycles. The lowest BCUT2D eigenvalue weighted by molar-refractivity contribution is 0.0268. The second-order valence-corrected chi connectivity index (χ2v) is 8.28. The molecule has 0 radical (unpaired) electrons.